The Labute approximate surface area is 170 Å². The van der Waals surface area contributed by atoms with Gasteiger partial charge in [-0.2, -0.15) is 0 Å². The Morgan fingerprint density at radius 1 is 0.690 bits per heavy atom. The van der Waals surface area contributed by atoms with Crippen LogP contribution in [0.5, 0.6) is 0 Å². The van der Waals surface area contributed by atoms with Crippen molar-refractivity contribution in [3.63, 3.8) is 0 Å². The topological polar surface area (TPSA) is 112 Å². The van der Waals surface area contributed by atoms with Crippen LogP contribution in [-0.4, -0.2) is 33.2 Å². The van der Waals surface area contributed by atoms with E-state index in [0.29, 0.717) is 16.7 Å². The number of rotatable bonds is 5. The Hall–Kier alpha value is -3.15. The van der Waals surface area contributed by atoms with Crippen LogP contribution in [0.25, 0.3) is 0 Å². The van der Waals surface area contributed by atoms with E-state index in [1.165, 1.54) is 5.56 Å². The Kier molecular flexibility index (Phi) is 8.13. The number of hydrogen-bond acceptors (Lipinski definition) is 3. The zero-order chi connectivity index (χ0) is 22.5. The van der Waals surface area contributed by atoms with Gasteiger partial charge in [0.05, 0.1) is 6.42 Å². The van der Waals surface area contributed by atoms with Crippen molar-refractivity contribution in [1.29, 1.82) is 0 Å². The van der Waals surface area contributed by atoms with Crippen LogP contribution in [-0.2, 0) is 20.8 Å². The van der Waals surface area contributed by atoms with Crippen LogP contribution in [0, 0.1) is 41.5 Å². The molecule has 0 radical (unpaired) electrons. The van der Waals surface area contributed by atoms with Gasteiger partial charge in [-0.25, -0.2) is 0 Å². The summed E-state index contributed by atoms with van der Waals surface area (Å²) in [5.41, 5.74) is 7.04. The van der Waals surface area contributed by atoms with Crippen LogP contribution in [0.1, 0.15) is 50.4 Å². The smallest absolute Gasteiger partial charge is 0.322 e. The molecule has 0 amide bonds. The fraction of sp³-hybridized carbons (Fsp3) is 0.348. The minimum atomic E-state index is -1.49. The van der Waals surface area contributed by atoms with Crippen molar-refractivity contribution in [1.82, 2.24) is 0 Å². The maximum absolute atomic E-state index is 10.9. The second kappa shape index (κ2) is 9.87. The summed E-state index contributed by atoms with van der Waals surface area (Å²) in [6.45, 7) is 11.3. The van der Waals surface area contributed by atoms with Gasteiger partial charge in [-0.15, -0.1) is 0 Å². The third kappa shape index (κ3) is 6.45. The van der Waals surface area contributed by atoms with Crippen molar-refractivity contribution in [2.45, 2.75) is 53.9 Å². The van der Waals surface area contributed by atoms with Gasteiger partial charge in [0.25, 0.3) is 0 Å². The van der Waals surface area contributed by atoms with Gasteiger partial charge >= 0.3 is 17.9 Å². The van der Waals surface area contributed by atoms with Gasteiger partial charge in [0, 0.05) is 0 Å². The molecule has 0 atom stereocenters. The molecule has 6 nitrogen and oxygen atoms in total. The van der Waals surface area contributed by atoms with Crippen molar-refractivity contribution < 1.29 is 29.7 Å². The van der Waals surface area contributed by atoms with Crippen molar-refractivity contribution in [2.75, 3.05) is 0 Å². The molecule has 0 unspecified atom stereocenters. The summed E-state index contributed by atoms with van der Waals surface area (Å²) in [4.78, 5) is 32.5. The number of carbonyl (C=O) groups is 3. The summed E-state index contributed by atoms with van der Waals surface area (Å²) in [6.07, 6.45) is 0.123. The standard InChI is InChI=1S/C12H14O4.C11H14O2/c1-6-4-7(2)9(8(3)5-6)10(11(13)14)12(15)16;1-7-4-8(2)10(6-11(12)13)9(3)5-7/h4-5,10H,1-3H3,(H,13,14)(H,15,16);4-5H,6H2,1-3H3,(H,12,13). The van der Waals surface area contributed by atoms with E-state index in [2.05, 4.69) is 0 Å². The first-order valence-electron chi connectivity index (χ1n) is 9.17. The van der Waals surface area contributed by atoms with Crippen molar-refractivity contribution in [3.05, 3.63) is 68.8 Å². The molecule has 0 aliphatic heterocycles. The van der Waals surface area contributed by atoms with E-state index in [1.54, 1.807) is 26.0 Å². The molecule has 0 spiro atoms. The SMILES string of the molecule is Cc1cc(C)c(C(C(=O)O)C(=O)O)c(C)c1.Cc1cc(C)c(CC(=O)O)c(C)c1. The average Bonchev–Trinajstić information content (AvgIpc) is 2.53. The number of benzene rings is 2. The van der Waals surface area contributed by atoms with E-state index in [-0.39, 0.29) is 6.42 Å². The van der Waals surface area contributed by atoms with E-state index in [0.717, 1.165) is 22.3 Å². The van der Waals surface area contributed by atoms with Gasteiger partial charge in [0.1, 0.15) is 0 Å². The Bertz CT molecular complexity index is 882. The number of carboxylic acid groups (broad SMARTS) is 3. The maximum Gasteiger partial charge on any atom is 0.322 e. The van der Waals surface area contributed by atoms with Crippen LogP contribution in [0.2, 0.25) is 0 Å². The fourth-order valence-corrected chi connectivity index (χ4v) is 3.64. The van der Waals surface area contributed by atoms with Crippen LogP contribution >= 0.6 is 0 Å². The Morgan fingerprint density at radius 2 is 1.03 bits per heavy atom. The van der Waals surface area contributed by atoms with Crippen molar-refractivity contribution >= 4 is 17.9 Å². The zero-order valence-corrected chi connectivity index (χ0v) is 17.7. The predicted molar refractivity (Wildman–Crippen MR) is 111 cm³/mol. The number of hydrogen-bond donors (Lipinski definition) is 3. The van der Waals surface area contributed by atoms with Crippen LogP contribution in [0.3, 0.4) is 0 Å². The highest BCUT2D eigenvalue weighted by Crippen LogP contribution is 2.25. The molecule has 156 valence electrons. The van der Waals surface area contributed by atoms with E-state index in [9.17, 15) is 14.4 Å². The van der Waals surface area contributed by atoms with Crippen LogP contribution in [0.15, 0.2) is 24.3 Å². The minimum Gasteiger partial charge on any atom is -0.481 e. The molecule has 2 rings (SSSR count). The minimum absolute atomic E-state index is 0.123. The zero-order valence-electron chi connectivity index (χ0n) is 17.7. The normalized spacial score (nSPS) is 10.3. The first-order valence-corrected chi connectivity index (χ1v) is 9.17. The van der Waals surface area contributed by atoms with Gasteiger partial charge in [0.15, 0.2) is 5.92 Å². The van der Waals surface area contributed by atoms with Crippen LogP contribution in [0.4, 0.5) is 0 Å². The third-order valence-electron chi connectivity index (χ3n) is 4.69. The summed E-state index contributed by atoms with van der Waals surface area (Å²) < 4.78 is 0. The second-order valence-electron chi connectivity index (χ2n) is 7.37. The molecule has 6 heteroatoms. The number of aliphatic carboxylic acids is 3. The molecule has 0 heterocycles. The van der Waals surface area contributed by atoms with Crippen molar-refractivity contribution in [2.24, 2.45) is 0 Å². The van der Waals surface area contributed by atoms with Crippen LogP contribution < -0.4 is 0 Å². The first kappa shape index (κ1) is 23.9. The molecular weight excluding hydrogens is 372 g/mol. The van der Waals surface area contributed by atoms with E-state index < -0.39 is 23.8 Å². The summed E-state index contributed by atoms with van der Waals surface area (Å²) in [5.74, 6) is -4.92. The molecule has 0 aliphatic rings. The average molecular weight is 400 g/mol. The molecule has 3 N–H and O–H groups in total. The molecule has 0 saturated heterocycles. The summed E-state index contributed by atoms with van der Waals surface area (Å²) in [5, 5.41) is 26.6. The first-order chi connectivity index (χ1) is 13.3. The Morgan fingerprint density at radius 3 is 1.34 bits per heavy atom. The molecule has 2 aromatic carbocycles. The van der Waals surface area contributed by atoms with E-state index in [1.807, 2.05) is 39.8 Å². The molecule has 29 heavy (non-hydrogen) atoms. The lowest BCUT2D eigenvalue weighted by Crippen LogP contribution is -2.23. The summed E-state index contributed by atoms with van der Waals surface area (Å²) >= 11 is 0. The highest BCUT2D eigenvalue weighted by molar-refractivity contribution is 5.99. The molecular formula is C23H28O6. The number of aryl methyl sites for hydroxylation is 6. The number of carboxylic acids is 3. The highest BCUT2D eigenvalue weighted by atomic mass is 16.4. The molecule has 0 aliphatic carbocycles. The van der Waals surface area contributed by atoms with E-state index >= 15 is 0 Å². The summed E-state index contributed by atoms with van der Waals surface area (Å²) in [7, 11) is 0. The van der Waals surface area contributed by atoms with E-state index in [4.69, 9.17) is 15.3 Å². The lowest BCUT2D eigenvalue weighted by Gasteiger charge is -2.15. The quantitative estimate of drug-likeness (QED) is 0.652. The van der Waals surface area contributed by atoms with Gasteiger partial charge in [-0.05, 0) is 74.9 Å². The lowest BCUT2D eigenvalue weighted by molar-refractivity contribution is -0.150. The van der Waals surface area contributed by atoms with Crippen molar-refractivity contribution in [3.8, 4) is 0 Å². The highest BCUT2D eigenvalue weighted by Gasteiger charge is 2.30. The van der Waals surface area contributed by atoms with Gasteiger partial charge in [-0.1, -0.05) is 35.4 Å². The van der Waals surface area contributed by atoms with Gasteiger partial charge < -0.3 is 15.3 Å². The third-order valence-corrected chi connectivity index (χ3v) is 4.69. The largest absolute Gasteiger partial charge is 0.481 e. The monoisotopic (exact) mass is 400 g/mol. The lowest BCUT2D eigenvalue weighted by atomic mass is 9.89. The van der Waals surface area contributed by atoms with Gasteiger partial charge in [-0.3, -0.25) is 14.4 Å². The second-order valence-corrected chi connectivity index (χ2v) is 7.37. The summed E-state index contributed by atoms with van der Waals surface area (Å²) in [6, 6.07) is 7.62. The molecule has 0 saturated carbocycles. The molecule has 2 aromatic rings. The maximum atomic E-state index is 10.9. The molecule has 0 bridgehead atoms. The van der Waals surface area contributed by atoms with Gasteiger partial charge in [0.2, 0.25) is 0 Å². The Balaban J connectivity index is 0.000000296. The molecule has 0 fully saturated rings. The predicted octanol–water partition coefficient (Wildman–Crippen LogP) is 4.10. The molecule has 0 aromatic heterocycles. The fourth-order valence-electron chi connectivity index (χ4n) is 3.64.